The number of aliphatic hydroxyl groups excluding tert-OH is 1. The lowest BCUT2D eigenvalue weighted by Gasteiger charge is -2.02. The summed E-state index contributed by atoms with van der Waals surface area (Å²) < 4.78 is 0. The molecule has 0 aromatic heterocycles. The predicted molar refractivity (Wildman–Crippen MR) is 48.1 cm³/mol. The summed E-state index contributed by atoms with van der Waals surface area (Å²) in [6.07, 6.45) is 12.1. The van der Waals surface area contributed by atoms with Gasteiger partial charge in [-0.05, 0) is 18.6 Å². The summed E-state index contributed by atoms with van der Waals surface area (Å²) in [5, 5.41) is 9.22. The fraction of sp³-hybridized carbons (Fsp3) is 0.600. The molecular weight excluding hydrogens is 136 g/mol. The molecule has 1 atom stereocenters. The first-order valence-electron chi connectivity index (χ1n) is 4.12. The van der Waals surface area contributed by atoms with Gasteiger partial charge in [-0.3, -0.25) is 0 Å². The van der Waals surface area contributed by atoms with Gasteiger partial charge < -0.3 is 5.11 Å². The fourth-order valence-corrected chi connectivity index (χ4v) is 0.866. The molecule has 1 heteroatoms. The van der Waals surface area contributed by atoms with Gasteiger partial charge in [0.1, 0.15) is 0 Å². The molecule has 0 fully saturated rings. The van der Waals surface area contributed by atoms with Crippen molar-refractivity contribution in [3.05, 3.63) is 12.2 Å². The summed E-state index contributed by atoms with van der Waals surface area (Å²) in [5.74, 6) is 2.35. The lowest BCUT2D eigenvalue weighted by atomic mass is 10.1. The van der Waals surface area contributed by atoms with E-state index >= 15 is 0 Å². The van der Waals surface area contributed by atoms with Gasteiger partial charge in [0.05, 0.1) is 6.10 Å². The molecule has 0 aromatic carbocycles. The van der Waals surface area contributed by atoms with Crippen LogP contribution in [0.2, 0.25) is 0 Å². The Bertz CT molecular complexity index is 141. The van der Waals surface area contributed by atoms with Gasteiger partial charge in [-0.15, -0.1) is 6.42 Å². The van der Waals surface area contributed by atoms with Crippen LogP contribution in [0.1, 0.15) is 32.6 Å². The maximum atomic E-state index is 9.22. The van der Waals surface area contributed by atoms with Crippen molar-refractivity contribution in [3.8, 4) is 12.3 Å². The molecule has 0 heterocycles. The van der Waals surface area contributed by atoms with E-state index in [-0.39, 0.29) is 6.10 Å². The van der Waals surface area contributed by atoms with Gasteiger partial charge in [-0.2, -0.15) is 0 Å². The third kappa shape index (κ3) is 7.15. The number of terminal acetylenes is 1. The van der Waals surface area contributed by atoms with Gasteiger partial charge in [-0.25, -0.2) is 0 Å². The van der Waals surface area contributed by atoms with Gasteiger partial charge in [0.2, 0.25) is 0 Å². The van der Waals surface area contributed by atoms with Crippen molar-refractivity contribution in [1.29, 1.82) is 0 Å². The number of rotatable bonds is 5. The molecule has 0 bridgehead atoms. The zero-order valence-electron chi connectivity index (χ0n) is 7.09. The summed E-state index contributed by atoms with van der Waals surface area (Å²) in [6, 6.07) is 0. The van der Waals surface area contributed by atoms with Crippen molar-refractivity contribution in [1.82, 2.24) is 0 Å². The van der Waals surface area contributed by atoms with Crippen molar-refractivity contribution in [2.75, 3.05) is 0 Å². The van der Waals surface area contributed by atoms with E-state index in [1.54, 1.807) is 12.2 Å². The second kappa shape index (κ2) is 7.37. The average molecular weight is 152 g/mol. The summed E-state index contributed by atoms with van der Waals surface area (Å²) >= 11 is 0. The van der Waals surface area contributed by atoms with E-state index in [0.717, 1.165) is 12.8 Å². The van der Waals surface area contributed by atoms with Crippen LogP contribution in [0.25, 0.3) is 0 Å². The van der Waals surface area contributed by atoms with Crippen LogP contribution in [0.15, 0.2) is 12.2 Å². The molecular formula is C10H16O. The maximum Gasteiger partial charge on any atom is 0.0730 e. The van der Waals surface area contributed by atoms with Crippen molar-refractivity contribution < 1.29 is 5.11 Å². The minimum Gasteiger partial charge on any atom is -0.389 e. The number of hydrogen-bond acceptors (Lipinski definition) is 1. The molecule has 1 nitrogen and oxygen atoms in total. The Morgan fingerprint density at radius 2 is 2.27 bits per heavy atom. The first kappa shape index (κ1) is 10.3. The summed E-state index contributed by atoms with van der Waals surface area (Å²) in [5.41, 5.74) is 0. The summed E-state index contributed by atoms with van der Waals surface area (Å²) in [6.45, 7) is 2.14. The zero-order chi connectivity index (χ0) is 8.53. The first-order chi connectivity index (χ1) is 5.31. The topological polar surface area (TPSA) is 20.2 Å². The quantitative estimate of drug-likeness (QED) is 0.472. The largest absolute Gasteiger partial charge is 0.389 e. The number of aliphatic hydroxyl groups is 1. The van der Waals surface area contributed by atoms with E-state index in [1.165, 1.54) is 12.8 Å². The molecule has 11 heavy (non-hydrogen) atoms. The lowest BCUT2D eigenvalue weighted by molar-refractivity contribution is 0.208. The van der Waals surface area contributed by atoms with Gasteiger partial charge in [0.25, 0.3) is 0 Å². The van der Waals surface area contributed by atoms with E-state index < -0.39 is 0 Å². The molecule has 0 amide bonds. The second-order valence-corrected chi connectivity index (χ2v) is 2.59. The van der Waals surface area contributed by atoms with E-state index in [0.29, 0.717) is 0 Å². The summed E-state index contributed by atoms with van der Waals surface area (Å²) in [7, 11) is 0. The third-order valence-corrected chi connectivity index (χ3v) is 1.52. The Kier molecular flexibility index (Phi) is 6.87. The number of hydrogen-bond donors (Lipinski definition) is 1. The third-order valence-electron chi connectivity index (χ3n) is 1.52. The van der Waals surface area contributed by atoms with Crippen LogP contribution in [0.3, 0.4) is 0 Å². The lowest BCUT2D eigenvalue weighted by Crippen LogP contribution is -2.00. The fourth-order valence-electron chi connectivity index (χ4n) is 0.866. The van der Waals surface area contributed by atoms with Crippen molar-refractivity contribution in [2.24, 2.45) is 0 Å². The number of unbranched alkanes of at least 4 members (excludes halogenated alkanes) is 2. The normalized spacial score (nSPS) is 13.2. The highest BCUT2D eigenvalue weighted by atomic mass is 16.3. The van der Waals surface area contributed by atoms with Crippen LogP contribution in [-0.2, 0) is 0 Å². The van der Waals surface area contributed by atoms with Crippen LogP contribution in [-0.4, -0.2) is 11.2 Å². The molecule has 0 aliphatic carbocycles. The highest BCUT2D eigenvalue weighted by Gasteiger charge is 1.96. The van der Waals surface area contributed by atoms with Crippen LogP contribution >= 0.6 is 0 Å². The molecule has 0 aliphatic heterocycles. The maximum absolute atomic E-state index is 9.22. The smallest absolute Gasteiger partial charge is 0.0730 e. The monoisotopic (exact) mass is 152 g/mol. The molecule has 0 rings (SSSR count). The number of allylic oxidation sites excluding steroid dienone is 1. The Morgan fingerprint density at radius 1 is 1.55 bits per heavy atom. The van der Waals surface area contributed by atoms with Crippen molar-refractivity contribution in [3.63, 3.8) is 0 Å². The highest BCUT2D eigenvalue weighted by Crippen LogP contribution is 2.03. The molecule has 0 saturated heterocycles. The van der Waals surface area contributed by atoms with Gasteiger partial charge in [-0.1, -0.05) is 32.1 Å². The minimum absolute atomic E-state index is 0.349. The SMILES string of the molecule is C#C/C=C/C(O)CCCCC. The predicted octanol–water partition coefficient (Wildman–Crippen LogP) is 2.12. The van der Waals surface area contributed by atoms with Gasteiger partial charge in [0, 0.05) is 0 Å². The molecule has 62 valence electrons. The standard InChI is InChI=1S/C10H16O/c1-3-5-7-9-10(11)8-6-4-2/h2,6,8,10-11H,3,5,7,9H2,1H3/b8-6+. The van der Waals surface area contributed by atoms with E-state index in [1.807, 2.05) is 0 Å². The van der Waals surface area contributed by atoms with E-state index in [9.17, 15) is 5.11 Å². The molecule has 1 N–H and O–H groups in total. The Hall–Kier alpha value is -0.740. The van der Waals surface area contributed by atoms with Crippen LogP contribution < -0.4 is 0 Å². The Morgan fingerprint density at radius 3 is 2.82 bits per heavy atom. The minimum atomic E-state index is -0.349. The molecule has 0 aromatic rings. The van der Waals surface area contributed by atoms with Crippen molar-refractivity contribution >= 4 is 0 Å². The highest BCUT2D eigenvalue weighted by molar-refractivity contribution is 5.10. The van der Waals surface area contributed by atoms with Crippen LogP contribution in [0.4, 0.5) is 0 Å². The van der Waals surface area contributed by atoms with Crippen LogP contribution in [0, 0.1) is 12.3 Å². The summed E-state index contributed by atoms with van der Waals surface area (Å²) in [4.78, 5) is 0. The molecule has 0 radical (unpaired) electrons. The van der Waals surface area contributed by atoms with E-state index in [2.05, 4.69) is 12.8 Å². The van der Waals surface area contributed by atoms with Crippen molar-refractivity contribution in [2.45, 2.75) is 38.7 Å². The first-order valence-corrected chi connectivity index (χ1v) is 4.12. The van der Waals surface area contributed by atoms with Gasteiger partial charge >= 0.3 is 0 Å². The molecule has 1 unspecified atom stereocenters. The zero-order valence-corrected chi connectivity index (χ0v) is 7.09. The van der Waals surface area contributed by atoms with E-state index in [4.69, 9.17) is 6.42 Å². The molecule has 0 aliphatic rings. The second-order valence-electron chi connectivity index (χ2n) is 2.59. The Labute approximate surface area is 69.1 Å². The Balaban J connectivity index is 3.31. The van der Waals surface area contributed by atoms with Gasteiger partial charge in [0.15, 0.2) is 0 Å². The molecule has 0 spiro atoms. The average Bonchev–Trinajstić information content (AvgIpc) is 2.01. The molecule has 0 saturated carbocycles. The van der Waals surface area contributed by atoms with Crippen LogP contribution in [0.5, 0.6) is 0 Å².